The zero-order valence-corrected chi connectivity index (χ0v) is 10.4. The van der Waals surface area contributed by atoms with Crippen LogP contribution in [-0.4, -0.2) is 35.3 Å². The Labute approximate surface area is 106 Å². The first-order valence-corrected chi connectivity index (χ1v) is 6.58. The van der Waals surface area contributed by atoms with E-state index in [-0.39, 0.29) is 0 Å². The third-order valence-corrected chi connectivity index (χ3v) is 3.80. The van der Waals surface area contributed by atoms with Crippen LogP contribution in [0.25, 0.3) is 0 Å². The van der Waals surface area contributed by atoms with Gasteiger partial charge in [0.15, 0.2) is 0 Å². The summed E-state index contributed by atoms with van der Waals surface area (Å²) in [5, 5.41) is 0.460. The Morgan fingerprint density at radius 1 is 1.29 bits per heavy atom. The van der Waals surface area contributed by atoms with E-state index in [0.29, 0.717) is 17.3 Å². The van der Waals surface area contributed by atoms with E-state index in [4.69, 9.17) is 16.3 Å². The summed E-state index contributed by atoms with van der Waals surface area (Å²) in [4.78, 5) is 10.8. The Morgan fingerprint density at radius 3 is 3.06 bits per heavy atom. The van der Waals surface area contributed by atoms with Gasteiger partial charge in [0.05, 0.1) is 31.1 Å². The fraction of sp³-hybridized carbons (Fsp3) is 0.667. The number of halogens is 1. The number of morpholine rings is 1. The zero-order valence-electron chi connectivity index (χ0n) is 9.68. The van der Waals surface area contributed by atoms with E-state index in [0.717, 1.165) is 25.4 Å². The number of fused-ring (bicyclic) bond motifs is 1. The second-order valence-electron chi connectivity index (χ2n) is 4.65. The summed E-state index contributed by atoms with van der Waals surface area (Å²) in [6.07, 6.45) is 8.62. The van der Waals surface area contributed by atoms with Crippen molar-refractivity contribution in [3.8, 4) is 0 Å². The van der Waals surface area contributed by atoms with Gasteiger partial charge in [0.2, 0.25) is 0 Å². The molecule has 5 heteroatoms. The summed E-state index contributed by atoms with van der Waals surface area (Å²) in [5.74, 6) is 0.887. The lowest BCUT2D eigenvalue weighted by atomic mass is 9.90. The van der Waals surface area contributed by atoms with Gasteiger partial charge in [0.1, 0.15) is 11.0 Å². The van der Waals surface area contributed by atoms with Crippen molar-refractivity contribution < 1.29 is 4.74 Å². The van der Waals surface area contributed by atoms with E-state index in [1.54, 1.807) is 12.4 Å². The molecule has 2 aliphatic rings. The topological polar surface area (TPSA) is 38.2 Å². The molecule has 92 valence electrons. The van der Waals surface area contributed by atoms with E-state index in [2.05, 4.69) is 14.9 Å². The van der Waals surface area contributed by atoms with Gasteiger partial charge >= 0.3 is 0 Å². The summed E-state index contributed by atoms with van der Waals surface area (Å²) < 4.78 is 5.84. The predicted molar refractivity (Wildman–Crippen MR) is 66.4 cm³/mol. The molecule has 1 aliphatic carbocycles. The number of nitrogens with zero attached hydrogens (tertiary/aromatic N) is 3. The number of hydrogen-bond donors (Lipinski definition) is 0. The van der Waals surface area contributed by atoms with Crippen molar-refractivity contribution >= 4 is 17.4 Å². The van der Waals surface area contributed by atoms with Crippen LogP contribution in [0.15, 0.2) is 12.4 Å². The second kappa shape index (κ2) is 4.78. The molecule has 1 saturated heterocycles. The number of aromatic nitrogens is 2. The summed E-state index contributed by atoms with van der Waals surface area (Å²) >= 11 is 5.91. The van der Waals surface area contributed by atoms with Crippen LogP contribution in [-0.2, 0) is 4.74 Å². The summed E-state index contributed by atoms with van der Waals surface area (Å²) in [7, 11) is 0. The molecule has 0 aromatic carbocycles. The van der Waals surface area contributed by atoms with Gasteiger partial charge in [-0.2, -0.15) is 0 Å². The minimum Gasteiger partial charge on any atom is -0.374 e. The normalized spacial score (nSPS) is 28.9. The number of anilines is 1. The van der Waals surface area contributed by atoms with Crippen molar-refractivity contribution in [3.05, 3.63) is 17.5 Å². The summed E-state index contributed by atoms with van der Waals surface area (Å²) in [5.41, 5.74) is 0. The third-order valence-electron chi connectivity index (χ3n) is 3.62. The molecule has 1 saturated carbocycles. The molecule has 2 atom stereocenters. The van der Waals surface area contributed by atoms with Crippen molar-refractivity contribution in [1.82, 2.24) is 9.97 Å². The maximum atomic E-state index is 5.91. The van der Waals surface area contributed by atoms with Gasteiger partial charge in [-0.15, -0.1) is 0 Å². The van der Waals surface area contributed by atoms with Crippen LogP contribution in [0.4, 0.5) is 5.82 Å². The minimum absolute atomic E-state index is 0.360. The molecule has 4 nitrogen and oxygen atoms in total. The molecule has 0 spiro atoms. The molecule has 0 radical (unpaired) electrons. The molecule has 0 N–H and O–H groups in total. The number of hydrogen-bond acceptors (Lipinski definition) is 4. The van der Waals surface area contributed by atoms with Crippen molar-refractivity contribution in [1.29, 1.82) is 0 Å². The Bertz CT molecular complexity index is 399. The highest BCUT2D eigenvalue weighted by molar-refractivity contribution is 6.29. The quantitative estimate of drug-likeness (QED) is 0.770. The highest BCUT2D eigenvalue weighted by atomic mass is 35.5. The van der Waals surface area contributed by atoms with Crippen LogP contribution < -0.4 is 4.90 Å². The summed E-state index contributed by atoms with van der Waals surface area (Å²) in [6, 6.07) is 0.449. The Hall–Kier alpha value is -0.870. The van der Waals surface area contributed by atoms with Gasteiger partial charge in [-0.25, -0.2) is 4.98 Å². The van der Waals surface area contributed by atoms with Crippen LogP contribution in [0.2, 0.25) is 5.15 Å². The zero-order chi connectivity index (χ0) is 11.7. The standard InChI is InChI=1S/C12H16ClN3O/c13-11-7-14-8-12(15-11)16-5-6-17-10-4-2-1-3-9(10)16/h7-10H,1-6H2. The lowest BCUT2D eigenvalue weighted by Gasteiger charge is -2.44. The maximum Gasteiger partial charge on any atom is 0.149 e. The van der Waals surface area contributed by atoms with Gasteiger partial charge < -0.3 is 9.64 Å². The molecule has 1 aromatic rings. The Kier molecular flexibility index (Phi) is 3.16. The smallest absolute Gasteiger partial charge is 0.149 e. The molecule has 2 fully saturated rings. The van der Waals surface area contributed by atoms with Gasteiger partial charge in [0, 0.05) is 6.54 Å². The first kappa shape index (κ1) is 11.2. The first-order chi connectivity index (χ1) is 8.34. The molecule has 3 rings (SSSR count). The van der Waals surface area contributed by atoms with E-state index in [1.807, 2.05) is 0 Å². The lowest BCUT2D eigenvalue weighted by molar-refractivity contribution is -0.00901. The molecule has 17 heavy (non-hydrogen) atoms. The summed E-state index contributed by atoms with van der Waals surface area (Å²) in [6.45, 7) is 1.66. The second-order valence-corrected chi connectivity index (χ2v) is 5.04. The molecule has 0 amide bonds. The van der Waals surface area contributed by atoms with E-state index in [1.165, 1.54) is 19.3 Å². The van der Waals surface area contributed by atoms with Crippen LogP contribution in [0, 0.1) is 0 Å². The van der Waals surface area contributed by atoms with Crippen LogP contribution in [0.1, 0.15) is 25.7 Å². The molecule has 2 unspecified atom stereocenters. The fourth-order valence-electron chi connectivity index (χ4n) is 2.85. The number of ether oxygens (including phenoxy) is 1. The van der Waals surface area contributed by atoms with Crippen molar-refractivity contribution in [2.75, 3.05) is 18.1 Å². The first-order valence-electron chi connectivity index (χ1n) is 6.20. The monoisotopic (exact) mass is 253 g/mol. The van der Waals surface area contributed by atoms with Gasteiger partial charge in [0.25, 0.3) is 0 Å². The van der Waals surface area contributed by atoms with Crippen LogP contribution >= 0.6 is 11.6 Å². The average molecular weight is 254 g/mol. The average Bonchev–Trinajstić information content (AvgIpc) is 2.38. The number of rotatable bonds is 1. The largest absolute Gasteiger partial charge is 0.374 e. The SMILES string of the molecule is Clc1cncc(N2CCOC3CCCCC32)n1. The predicted octanol–water partition coefficient (Wildman–Crippen LogP) is 2.28. The van der Waals surface area contributed by atoms with Crippen LogP contribution in [0.3, 0.4) is 0 Å². The van der Waals surface area contributed by atoms with E-state index >= 15 is 0 Å². The van der Waals surface area contributed by atoms with Crippen LogP contribution in [0.5, 0.6) is 0 Å². The van der Waals surface area contributed by atoms with Gasteiger partial charge in [-0.1, -0.05) is 24.4 Å². The molecule has 2 heterocycles. The van der Waals surface area contributed by atoms with Crippen molar-refractivity contribution in [3.63, 3.8) is 0 Å². The molecule has 1 aliphatic heterocycles. The Morgan fingerprint density at radius 2 is 2.18 bits per heavy atom. The minimum atomic E-state index is 0.360. The van der Waals surface area contributed by atoms with Crippen molar-refractivity contribution in [2.24, 2.45) is 0 Å². The Balaban J connectivity index is 1.85. The highest BCUT2D eigenvalue weighted by Crippen LogP contribution is 2.31. The van der Waals surface area contributed by atoms with Gasteiger partial charge in [-0.05, 0) is 12.8 Å². The van der Waals surface area contributed by atoms with Gasteiger partial charge in [-0.3, -0.25) is 4.98 Å². The maximum absolute atomic E-state index is 5.91. The third kappa shape index (κ3) is 2.24. The molecular formula is C12H16ClN3O. The highest BCUT2D eigenvalue weighted by Gasteiger charge is 2.34. The molecule has 0 bridgehead atoms. The van der Waals surface area contributed by atoms with E-state index in [9.17, 15) is 0 Å². The lowest BCUT2D eigenvalue weighted by Crippen LogP contribution is -2.53. The fourth-order valence-corrected chi connectivity index (χ4v) is 2.99. The van der Waals surface area contributed by atoms with E-state index < -0.39 is 0 Å². The molecule has 1 aromatic heterocycles. The van der Waals surface area contributed by atoms with Crippen molar-refractivity contribution in [2.45, 2.75) is 37.8 Å². The molecular weight excluding hydrogens is 238 g/mol.